The van der Waals surface area contributed by atoms with Gasteiger partial charge in [0.05, 0.1) is 29.7 Å². The van der Waals surface area contributed by atoms with Crippen molar-refractivity contribution in [1.82, 2.24) is 20.2 Å². The monoisotopic (exact) mass is 317 g/mol. The second-order valence-electron chi connectivity index (χ2n) is 4.46. The molecule has 0 fully saturated rings. The number of H-pyrrole nitrogens is 1. The maximum Gasteiger partial charge on any atom is 0.359 e. The fourth-order valence-corrected chi connectivity index (χ4v) is 2.35. The minimum absolute atomic E-state index is 0.0441. The zero-order valence-electron chi connectivity index (χ0n) is 11.6. The number of aromatic nitrogens is 4. The number of aromatic amines is 1. The second-order valence-corrected chi connectivity index (χ2v) is 4.80. The number of nitrogen functional groups attached to an aromatic ring is 1. The van der Waals surface area contributed by atoms with Crippen LogP contribution in [0.5, 0.6) is 0 Å². The van der Waals surface area contributed by atoms with Crippen LogP contribution >= 0.6 is 11.6 Å². The number of anilines is 1. The van der Waals surface area contributed by atoms with E-state index in [2.05, 4.69) is 20.2 Å². The van der Waals surface area contributed by atoms with Crippen molar-refractivity contribution in [3.8, 4) is 11.3 Å². The molecule has 22 heavy (non-hydrogen) atoms. The number of carbonyl (C=O) groups excluding carboxylic acids is 1. The standard InChI is InChI=1S/C14H12ClN5O2/c1-2-22-13(21)12-10(16)11(18-14(15)19-12)7-4-3-5-9-8(7)6-17-20-9/h3-6H,2,16H2,1H3,(H,17,20). The van der Waals surface area contributed by atoms with Crippen molar-refractivity contribution in [2.24, 2.45) is 0 Å². The minimum Gasteiger partial charge on any atom is -0.461 e. The molecule has 0 aliphatic carbocycles. The summed E-state index contributed by atoms with van der Waals surface area (Å²) in [6.07, 6.45) is 1.66. The Kier molecular flexibility index (Phi) is 3.64. The number of esters is 1. The number of halogens is 1. The predicted molar refractivity (Wildman–Crippen MR) is 82.5 cm³/mol. The molecule has 0 amide bonds. The number of ether oxygens (including phenoxy) is 1. The van der Waals surface area contributed by atoms with Crippen LogP contribution < -0.4 is 5.73 Å². The largest absolute Gasteiger partial charge is 0.461 e. The molecule has 2 aromatic heterocycles. The van der Waals surface area contributed by atoms with Gasteiger partial charge in [-0.1, -0.05) is 12.1 Å². The summed E-state index contributed by atoms with van der Waals surface area (Å²) in [6.45, 7) is 1.91. The molecule has 2 heterocycles. The first-order valence-corrected chi connectivity index (χ1v) is 6.92. The van der Waals surface area contributed by atoms with Crippen molar-refractivity contribution in [2.45, 2.75) is 6.92 Å². The van der Waals surface area contributed by atoms with Gasteiger partial charge in [-0.25, -0.2) is 14.8 Å². The quantitative estimate of drug-likeness (QED) is 0.567. The summed E-state index contributed by atoms with van der Waals surface area (Å²) in [7, 11) is 0. The van der Waals surface area contributed by atoms with Crippen LogP contribution in [0.2, 0.25) is 5.28 Å². The van der Waals surface area contributed by atoms with Crippen LogP contribution in [-0.2, 0) is 4.74 Å². The molecule has 3 aromatic rings. The Morgan fingerprint density at radius 1 is 1.41 bits per heavy atom. The lowest BCUT2D eigenvalue weighted by Gasteiger charge is -2.10. The molecule has 3 rings (SSSR count). The van der Waals surface area contributed by atoms with E-state index in [-0.39, 0.29) is 23.3 Å². The molecule has 0 aliphatic heterocycles. The van der Waals surface area contributed by atoms with Gasteiger partial charge in [-0.3, -0.25) is 5.10 Å². The van der Waals surface area contributed by atoms with Gasteiger partial charge in [-0.15, -0.1) is 0 Å². The Hall–Kier alpha value is -2.67. The summed E-state index contributed by atoms with van der Waals surface area (Å²) in [4.78, 5) is 20.0. The number of nitrogens with one attached hydrogen (secondary N) is 1. The molecule has 0 atom stereocenters. The van der Waals surface area contributed by atoms with Gasteiger partial charge in [0.1, 0.15) is 0 Å². The SMILES string of the molecule is CCOC(=O)c1nc(Cl)nc(-c2cccc3[nH]ncc23)c1N. The highest BCUT2D eigenvalue weighted by Gasteiger charge is 2.20. The van der Waals surface area contributed by atoms with E-state index < -0.39 is 5.97 Å². The van der Waals surface area contributed by atoms with Crippen molar-refractivity contribution < 1.29 is 9.53 Å². The van der Waals surface area contributed by atoms with Crippen molar-refractivity contribution >= 4 is 34.2 Å². The van der Waals surface area contributed by atoms with E-state index in [1.54, 1.807) is 13.1 Å². The first kappa shape index (κ1) is 14.3. The van der Waals surface area contributed by atoms with E-state index in [0.29, 0.717) is 11.3 Å². The third kappa shape index (κ3) is 2.35. The van der Waals surface area contributed by atoms with E-state index in [1.807, 2.05) is 18.2 Å². The number of nitrogens with two attached hydrogens (primary N) is 1. The molecule has 1 aromatic carbocycles. The van der Waals surface area contributed by atoms with Crippen molar-refractivity contribution in [3.05, 3.63) is 35.4 Å². The van der Waals surface area contributed by atoms with Crippen LogP contribution in [0.3, 0.4) is 0 Å². The van der Waals surface area contributed by atoms with Crippen molar-refractivity contribution in [3.63, 3.8) is 0 Å². The molecular weight excluding hydrogens is 306 g/mol. The number of rotatable bonds is 3. The molecule has 7 nitrogen and oxygen atoms in total. The zero-order chi connectivity index (χ0) is 15.7. The highest BCUT2D eigenvalue weighted by atomic mass is 35.5. The van der Waals surface area contributed by atoms with E-state index in [1.165, 1.54) is 0 Å². The molecule has 0 saturated heterocycles. The van der Waals surface area contributed by atoms with Gasteiger partial charge in [0.15, 0.2) is 5.69 Å². The van der Waals surface area contributed by atoms with Gasteiger partial charge in [-0.2, -0.15) is 5.10 Å². The zero-order valence-corrected chi connectivity index (χ0v) is 12.4. The lowest BCUT2D eigenvalue weighted by atomic mass is 10.1. The van der Waals surface area contributed by atoms with Gasteiger partial charge >= 0.3 is 5.97 Å². The molecule has 3 N–H and O–H groups in total. The lowest BCUT2D eigenvalue weighted by molar-refractivity contribution is 0.0520. The van der Waals surface area contributed by atoms with Crippen LogP contribution in [0.1, 0.15) is 17.4 Å². The van der Waals surface area contributed by atoms with Crippen LogP contribution in [0.25, 0.3) is 22.2 Å². The highest BCUT2D eigenvalue weighted by Crippen LogP contribution is 2.32. The fourth-order valence-electron chi connectivity index (χ4n) is 2.18. The Morgan fingerprint density at radius 3 is 3.00 bits per heavy atom. The molecule has 0 aliphatic rings. The predicted octanol–water partition coefficient (Wildman–Crippen LogP) is 2.43. The maximum absolute atomic E-state index is 11.9. The maximum atomic E-state index is 11.9. The normalized spacial score (nSPS) is 10.8. The second kappa shape index (κ2) is 5.61. The topological polar surface area (TPSA) is 107 Å². The van der Waals surface area contributed by atoms with Crippen LogP contribution in [-0.4, -0.2) is 32.7 Å². The summed E-state index contributed by atoms with van der Waals surface area (Å²) >= 11 is 5.93. The average Bonchev–Trinajstić information content (AvgIpc) is 2.98. The van der Waals surface area contributed by atoms with Crippen LogP contribution in [0.15, 0.2) is 24.4 Å². The third-order valence-electron chi connectivity index (χ3n) is 3.13. The van der Waals surface area contributed by atoms with Crippen molar-refractivity contribution in [1.29, 1.82) is 0 Å². The smallest absolute Gasteiger partial charge is 0.359 e. The number of carbonyl (C=O) groups is 1. The third-order valence-corrected chi connectivity index (χ3v) is 3.30. The molecule has 112 valence electrons. The summed E-state index contributed by atoms with van der Waals surface area (Å²) in [5, 5.41) is 7.60. The lowest BCUT2D eigenvalue weighted by Crippen LogP contribution is -2.12. The highest BCUT2D eigenvalue weighted by molar-refractivity contribution is 6.28. The molecule has 0 bridgehead atoms. The number of hydrogen-bond acceptors (Lipinski definition) is 6. The van der Waals surface area contributed by atoms with E-state index >= 15 is 0 Å². The number of fused-ring (bicyclic) bond motifs is 1. The van der Waals surface area contributed by atoms with E-state index in [0.717, 1.165) is 10.9 Å². The van der Waals surface area contributed by atoms with Gasteiger partial charge in [0, 0.05) is 10.9 Å². The molecular formula is C14H12ClN5O2. The van der Waals surface area contributed by atoms with E-state index in [4.69, 9.17) is 22.1 Å². The van der Waals surface area contributed by atoms with Crippen molar-refractivity contribution in [2.75, 3.05) is 12.3 Å². The van der Waals surface area contributed by atoms with Crippen LogP contribution in [0, 0.1) is 0 Å². The van der Waals surface area contributed by atoms with Gasteiger partial charge in [-0.05, 0) is 24.6 Å². The molecule has 8 heteroatoms. The number of hydrogen-bond donors (Lipinski definition) is 2. The average molecular weight is 318 g/mol. The van der Waals surface area contributed by atoms with Crippen LogP contribution in [0.4, 0.5) is 5.69 Å². The van der Waals surface area contributed by atoms with E-state index in [9.17, 15) is 4.79 Å². The molecule has 0 saturated carbocycles. The number of benzene rings is 1. The molecule has 0 unspecified atom stereocenters. The van der Waals surface area contributed by atoms with Gasteiger partial charge < -0.3 is 10.5 Å². The molecule has 0 radical (unpaired) electrons. The number of nitrogens with zero attached hydrogens (tertiary/aromatic N) is 3. The Balaban J connectivity index is 2.23. The minimum atomic E-state index is -0.634. The summed E-state index contributed by atoms with van der Waals surface area (Å²) in [5.74, 6) is -0.634. The summed E-state index contributed by atoms with van der Waals surface area (Å²) < 4.78 is 4.94. The Morgan fingerprint density at radius 2 is 2.23 bits per heavy atom. The fraction of sp³-hybridized carbons (Fsp3) is 0.143. The summed E-state index contributed by atoms with van der Waals surface area (Å²) in [5.41, 5.74) is 8.04. The Bertz CT molecular complexity index is 862. The Labute approximate surface area is 130 Å². The van der Waals surface area contributed by atoms with Gasteiger partial charge in [0.25, 0.3) is 0 Å². The summed E-state index contributed by atoms with van der Waals surface area (Å²) in [6, 6.07) is 5.52. The first-order valence-electron chi connectivity index (χ1n) is 6.54. The molecule has 0 spiro atoms. The van der Waals surface area contributed by atoms with Gasteiger partial charge in [0.2, 0.25) is 5.28 Å². The first-order chi connectivity index (χ1) is 10.6.